The van der Waals surface area contributed by atoms with E-state index in [2.05, 4.69) is 41.5 Å². The maximum atomic E-state index is 5.80. The number of hydrogen-bond donors (Lipinski definition) is 0. The Kier molecular flexibility index (Phi) is 4.29. The second-order valence-corrected chi connectivity index (χ2v) is 19.9. The van der Waals surface area contributed by atoms with Gasteiger partial charge in [0, 0.05) is 0 Å². The molecule has 80 valence electrons. The van der Waals surface area contributed by atoms with Crippen molar-refractivity contribution in [3.63, 3.8) is 0 Å². The van der Waals surface area contributed by atoms with Crippen LogP contribution in [0, 0.1) is 0 Å². The van der Waals surface area contributed by atoms with Gasteiger partial charge in [-0.05, 0) is 0 Å². The quantitative estimate of drug-likeness (QED) is 0.728. The van der Waals surface area contributed by atoms with Crippen molar-refractivity contribution in [1.82, 2.24) is 0 Å². The summed E-state index contributed by atoms with van der Waals surface area (Å²) in [4.78, 5) is 0. The topological polar surface area (TPSA) is 18.5 Å². The molecule has 0 saturated carbocycles. The molecular weight excluding hydrogens is 271 g/mol. The van der Waals surface area contributed by atoms with Crippen molar-refractivity contribution in [3.05, 3.63) is 0 Å². The molecule has 0 amide bonds. The van der Waals surface area contributed by atoms with Gasteiger partial charge < -0.3 is 0 Å². The molecule has 0 aromatic carbocycles. The van der Waals surface area contributed by atoms with Gasteiger partial charge in [0.1, 0.15) is 0 Å². The van der Waals surface area contributed by atoms with Crippen LogP contribution in [0.25, 0.3) is 0 Å². The Morgan fingerprint density at radius 1 is 0.692 bits per heavy atom. The summed E-state index contributed by atoms with van der Waals surface area (Å²) < 4.78 is 11.9. The van der Waals surface area contributed by atoms with Crippen LogP contribution >= 0.6 is 0 Å². The summed E-state index contributed by atoms with van der Waals surface area (Å²) in [5, 5.41) is 0. The molecule has 0 radical (unpaired) electrons. The molecule has 0 aliphatic heterocycles. The molecule has 0 N–H and O–H groups in total. The summed E-state index contributed by atoms with van der Waals surface area (Å²) in [6.45, 7) is 13.3. The van der Waals surface area contributed by atoms with Crippen molar-refractivity contribution in [3.8, 4) is 0 Å². The van der Waals surface area contributed by atoms with Crippen molar-refractivity contribution in [2.24, 2.45) is 0 Å². The molecule has 0 fully saturated rings. The third kappa shape index (κ3) is 2.39. The summed E-state index contributed by atoms with van der Waals surface area (Å²) in [5.74, 6) is 0. The van der Waals surface area contributed by atoms with Crippen molar-refractivity contribution < 1.29 is 6.15 Å². The average molecular weight is 295 g/mol. The molecular formula is C10H24O2Sn. The van der Waals surface area contributed by atoms with E-state index in [-0.39, 0.29) is 6.86 Å². The molecule has 0 aromatic rings. The zero-order valence-electron chi connectivity index (χ0n) is 10.3. The van der Waals surface area contributed by atoms with Crippen LogP contribution < -0.4 is 0 Å². The fraction of sp³-hybridized carbons (Fsp3) is 1.00. The molecule has 3 heteroatoms. The number of rotatable bonds is 2. The van der Waals surface area contributed by atoms with E-state index >= 15 is 0 Å². The van der Waals surface area contributed by atoms with Gasteiger partial charge in [0.15, 0.2) is 0 Å². The third-order valence-electron chi connectivity index (χ3n) is 2.55. The Labute approximate surface area is 88.0 Å². The van der Waals surface area contributed by atoms with Crippen LogP contribution in [0.2, 0.25) is 6.86 Å². The van der Waals surface area contributed by atoms with Crippen LogP contribution in [-0.4, -0.2) is 33.4 Å². The predicted molar refractivity (Wildman–Crippen MR) is 59.2 cm³/mol. The van der Waals surface area contributed by atoms with Crippen LogP contribution in [0.1, 0.15) is 41.5 Å². The molecule has 0 spiro atoms. The monoisotopic (exact) mass is 296 g/mol. The van der Waals surface area contributed by atoms with E-state index in [0.29, 0.717) is 0 Å². The number of hydrogen-bond acceptors (Lipinski definition) is 2. The Hall–Kier alpha value is 0.719. The fourth-order valence-corrected chi connectivity index (χ4v) is 16.3. The Balaban J connectivity index is 5.17. The molecule has 0 bridgehead atoms. The van der Waals surface area contributed by atoms with E-state index in [1.54, 1.807) is 14.2 Å². The summed E-state index contributed by atoms with van der Waals surface area (Å²) >= 11 is -2.97. The molecule has 0 rings (SSSR count). The van der Waals surface area contributed by atoms with E-state index in [0.717, 1.165) is 0 Å². The second kappa shape index (κ2) is 4.07. The molecule has 0 saturated heterocycles. The first-order valence-corrected chi connectivity index (χ1v) is 9.91. The predicted octanol–water partition coefficient (Wildman–Crippen LogP) is 3.32. The molecule has 0 unspecified atom stereocenters. The molecule has 2 nitrogen and oxygen atoms in total. The van der Waals surface area contributed by atoms with Crippen molar-refractivity contribution >= 4 is 19.2 Å². The molecule has 0 atom stereocenters. The maximum absolute atomic E-state index is 5.80. The van der Waals surface area contributed by atoms with Gasteiger partial charge in [0.25, 0.3) is 0 Å². The van der Waals surface area contributed by atoms with Gasteiger partial charge in [-0.3, -0.25) is 0 Å². The molecule has 0 aliphatic carbocycles. The van der Waals surface area contributed by atoms with Gasteiger partial charge in [-0.2, -0.15) is 0 Å². The van der Waals surface area contributed by atoms with Gasteiger partial charge >= 0.3 is 88.0 Å². The van der Waals surface area contributed by atoms with Crippen LogP contribution in [0.3, 0.4) is 0 Å². The van der Waals surface area contributed by atoms with E-state index < -0.39 is 19.2 Å². The minimum atomic E-state index is -2.97. The normalized spacial score (nSPS) is 14.8. The van der Waals surface area contributed by atoms with E-state index in [1.165, 1.54) is 0 Å². The Bertz CT molecular complexity index is 145. The van der Waals surface area contributed by atoms with Gasteiger partial charge in [0.05, 0.1) is 0 Å². The van der Waals surface area contributed by atoms with Gasteiger partial charge in [-0.1, -0.05) is 0 Å². The van der Waals surface area contributed by atoms with Crippen molar-refractivity contribution in [1.29, 1.82) is 0 Å². The SMILES string of the molecule is C[O][Sn]([O]C)([C](C)(C)C)[C](C)(C)C. The molecule has 0 aromatic heterocycles. The van der Waals surface area contributed by atoms with Gasteiger partial charge in [-0.15, -0.1) is 0 Å². The molecule has 0 heterocycles. The van der Waals surface area contributed by atoms with Crippen LogP contribution in [0.5, 0.6) is 0 Å². The first-order chi connectivity index (χ1) is 5.62. The van der Waals surface area contributed by atoms with Crippen LogP contribution in [0.15, 0.2) is 0 Å². The van der Waals surface area contributed by atoms with Gasteiger partial charge in [-0.25, -0.2) is 0 Å². The third-order valence-corrected chi connectivity index (χ3v) is 17.1. The average Bonchev–Trinajstić information content (AvgIpc) is 1.84. The minimum absolute atomic E-state index is 0.163. The first-order valence-electron chi connectivity index (χ1n) is 4.72. The Morgan fingerprint density at radius 2 is 0.923 bits per heavy atom. The second-order valence-electron chi connectivity index (χ2n) is 5.52. The van der Waals surface area contributed by atoms with Crippen LogP contribution in [0.4, 0.5) is 0 Å². The fourth-order valence-electron chi connectivity index (χ4n) is 2.43. The zero-order valence-corrected chi connectivity index (χ0v) is 13.2. The van der Waals surface area contributed by atoms with E-state index in [1.807, 2.05) is 0 Å². The molecule has 13 heavy (non-hydrogen) atoms. The summed E-state index contributed by atoms with van der Waals surface area (Å²) in [5.41, 5.74) is 0. The van der Waals surface area contributed by atoms with Crippen molar-refractivity contribution in [2.75, 3.05) is 14.2 Å². The first kappa shape index (κ1) is 13.7. The van der Waals surface area contributed by atoms with Crippen molar-refractivity contribution in [2.45, 2.75) is 48.4 Å². The summed E-state index contributed by atoms with van der Waals surface area (Å²) in [6.07, 6.45) is 0. The van der Waals surface area contributed by atoms with Gasteiger partial charge in [0.2, 0.25) is 0 Å². The van der Waals surface area contributed by atoms with E-state index in [4.69, 9.17) is 6.15 Å². The summed E-state index contributed by atoms with van der Waals surface area (Å²) in [6, 6.07) is 0. The molecule has 0 aliphatic rings. The summed E-state index contributed by atoms with van der Waals surface area (Å²) in [7, 11) is 3.60. The zero-order chi connectivity index (χ0) is 10.9. The Morgan fingerprint density at radius 3 is 0.923 bits per heavy atom. The standard InChI is InChI=1S/2C4H9.2CH3O.Sn/c2*1-4(2)3;2*1-2;/h2*1-3H3;2*1H3;/q;;2*-1;+2. The van der Waals surface area contributed by atoms with Crippen LogP contribution in [-0.2, 0) is 6.15 Å². The van der Waals surface area contributed by atoms with E-state index in [9.17, 15) is 0 Å².